The third-order valence-electron chi connectivity index (χ3n) is 5.49. The van der Waals surface area contributed by atoms with Crippen LogP contribution in [0.2, 0.25) is 0 Å². The highest BCUT2D eigenvalue weighted by Crippen LogP contribution is 2.34. The third-order valence-corrected chi connectivity index (χ3v) is 5.49. The summed E-state index contributed by atoms with van der Waals surface area (Å²) in [7, 11) is 1.58. The average molecular weight is 431 g/mol. The highest BCUT2D eigenvalue weighted by molar-refractivity contribution is 6.04. The number of carbonyl (C=O) groups is 2. The van der Waals surface area contributed by atoms with Gasteiger partial charge in [0, 0.05) is 18.7 Å². The van der Waals surface area contributed by atoms with Crippen molar-refractivity contribution in [2.24, 2.45) is 5.92 Å². The Morgan fingerprint density at radius 2 is 1.81 bits per heavy atom. The lowest BCUT2D eigenvalue weighted by Gasteiger charge is -2.20. The van der Waals surface area contributed by atoms with Gasteiger partial charge in [0.05, 0.1) is 18.7 Å². The molecule has 1 saturated heterocycles. The number of rotatable bonds is 7. The van der Waals surface area contributed by atoms with Gasteiger partial charge in [-0.3, -0.25) is 9.59 Å². The Bertz CT molecular complexity index is 1100. The van der Waals surface area contributed by atoms with Gasteiger partial charge in [-0.15, -0.1) is 0 Å². The van der Waals surface area contributed by atoms with Crippen molar-refractivity contribution in [3.63, 3.8) is 0 Å². The van der Waals surface area contributed by atoms with Crippen LogP contribution in [0.1, 0.15) is 17.5 Å². The largest absolute Gasteiger partial charge is 0.495 e. The van der Waals surface area contributed by atoms with Crippen LogP contribution < -0.4 is 19.7 Å². The van der Waals surface area contributed by atoms with Crippen molar-refractivity contribution < 1.29 is 19.1 Å². The molecule has 0 saturated carbocycles. The van der Waals surface area contributed by atoms with E-state index in [4.69, 9.17) is 9.47 Å². The molecule has 0 aliphatic carbocycles. The van der Waals surface area contributed by atoms with Gasteiger partial charge in [0.15, 0.2) is 0 Å². The van der Waals surface area contributed by atoms with E-state index in [1.54, 1.807) is 24.1 Å². The van der Waals surface area contributed by atoms with Crippen LogP contribution in [-0.2, 0) is 16.2 Å². The maximum atomic E-state index is 12.8. The van der Waals surface area contributed by atoms with Gasteiger partial charge in [-0.05, 0) is 54.4 Å². The maximum Gasteiger partial charge on any atom is 0.229 e. The van der Waals surface area contributed by atoms with Crippen LogP contribution in [0.4, 0.5) is 11.4 Å². The van der Waals surface area contributed by atoms with E-state index >= 15 is 0 Å². The van der Waals surface area contributed by atoms with Crippen LogP contribution in [0.15, 0.2) is 72.8 Å². The number of aryl methyl sites for hydroxylation is 1. The van der Waals surface area contributed by atoms with Crippen LogP contribution in [0.3, 0.4) is 0 Å². The number of hydrogen-bond acceptors (Lipinski definition) is 4. The fourth-order valence-electron chi connectivity index (χ4n) is 3.75. The standard InChI is InChI=1S/C26H26N2O4/c1-18-8-13-24(31-2)23(14-18)28-16-20(15-25(28)29)26(30)27-21-9-11-22(12-10-21)32-17-19-6-4-3-5-7-19/h3-14,20H,15-17H2,1-2H3,(H,27,30). The fourth-order valence-corrected chi connectivity index (χ4v) is 3.75. The number of nitrogens with one attached hydrogen (secondary N) is 1. The molecule has 0 spiro atoms. The molecular formula is C26H26N2O4. The zero-order chi connectivity index (χ0) is 22.5. The first kappa shape index (κ1) is 21.4. The molecule has 1 heterocycles. The normalized spacial score (nSPS) is 15.5. The molecule has 0 radical (unpaired) electrons. The lowest BCUT2D eigenvalue weighted by Crippen LogP contribution is -2.28. The topological polar surface area (TPSA) is 67.9 Å². The number of benzene rings is 3. The Kier molecular flexibility index (Phi) is 6.40. The number of amides is 2. The quantitative estimate of drug-likeness (QED) is 0.596. The first-order valence-electron chi connectivity index (χ1n) is 10.6. The molecule has 1 unspecified atom stereocenters. The van der Waals surface area contributed by atoms with Crippen molar-refractivity contribution >= 4 is 23.2 Å². The van der Waals surface area contributed by atoms with E-state index in [0.29, 0.717) is 30.3 Å². The van der Waals surface area contributed by atoms with Gasteiger partial charge in [0.1, 0.15) is 18.1 Å². The molecule has 1 fully saturated rings. The van der Waals surface area contributed by atoms with Crippen molar-refractivity contribution in [3.8, 4) is 11.5 Å². The van der Waals surface area contributed by atoms with Gasteiger partial charge in [0.25, 0.3) is 0 Å². The summed E-state index contributed by atoms with van der Waals surface area (Å²) in [5, 5.41) is 2.91. The summed E-state index contributed by atoms with van der Waals surface area (Å²) in [6.07, 6.45) is 0.168. The molecule has 1 aliphatic rings. The molecule has 0 aromatic heterocycles. The molecule has 3 aromatic carbocycles. The number of hydrogen-bond donors (Lipinski definition) is 1. The predicted molar refractivity (Wildman–Crippen MR) is 124 cm³/mol. The van der Waals surface area contributed by atoms with Crippen LogP contribution >= 0.6 is 0 Å². The summed E-state index contributed by atoms with van der Waals surface area (Å²) in [4.78, 5) is 27.1. The Balaban J connectivity index is 1.36. The maximum absolute atomic E-state index is 12.8. The molecule has 3 aromatic rings. The molecule has 1 atom stereocenters. The lowest BCUT2D eigenvalue weighted by atomic mass is 10.1. The molecule has 32 heavy (non-hydrogen) atoms. The Hall–Kier alpha value is -3.80. The van der Waals surface area contributed by atoms with Crippen LogP contribution in [0.25, 0.3) is 0 Å². The second-order valence-electron chi connectivity index (χ2n) is 7.87. The summed E-state index contributed by atoms with van der Waals surface area (Å²) >= 11 is 0. The highest BCUT2D eigenvalue weighted by Gasteiger charge is 2.36. The summed E-state index contributed by atoms with van der Waals surface area (Å²) in [5.74, 6) is 0.655. The molecule has 2 amide bonds. The second kappa shape index (κ2) is 9.56. The van der Waals surface area contributed by atoms with Gasteiger partial charge in [-0.2, -0.15) is 0 Å². The van der Waals surface area contributed by atoms with E-state index in [9.17, 15) is 9.59 Å². The Morgan fingerprint density at radius 3 is 2.53 bits per heavy atom. The van der Waals surface area contributed by atoms with Gasteiger partial charge in [-0.25, -0.2) is 0 Å². The van der Waals surface area contributed by atoms with Crippen molar-refractivity contribution in [3.05, 3.63) is 83.9 Å². The zero-order valence-corrected chi connectivity index (χ0v) is 18.2. The Labute approximate surface area is 187 Å². The van der Waals surface area contributed by atoms with Crippen LogP contribution in [0.5, 0.6) is 11.5 Å². The summed E-state index contributed by atoms with van der Waals surface area (Å²) < 4.78 is 11.2. The summed E-state index contributed by atoms with van der Waals surface area (Å²) in [6.45, 7) is 2.76. The van der Waals surface area contributed by atoms with E-state index < -0.39 is 5.92 Å². The second-order valence-corrected chi connectivity index (χ2v) is 7.87. The van der Waals surface area contributed by atoms with Crippen LogP contribution in [-0.4, -0.2) is 25.5 Å². The molecular weight excluding hydrogens is 404 g/mol. The number of anilines is 2. The first-order chi connectivity index (χ1) is 15.5. The minimum atomic E-state index is -0.429. The summed E-state index contributed by atoms with van der Waals surface area (Å²) in [6, 6.07) is 22.9. The first-order valence-corrected chi connectivity index (χ1v) is 10.6. The molecule has 1 aliphatic heterocycles. The zero-order valence-electron chi connectivity index (χ0n) is 18.2. The van der Waals surface area contributed by atoms with E-state index in [-0.39, 0.29) is 18.2 Å². The number of nitrogens with zero attached hydrogens (tertiary/aromatic N) is 1. The predicted octanol–water partition coefficient (Wildman–Crippen LogP) is 4.57. The molecule has 0 bridgehead atoms. The van der Waals surface area contributed by atoms with Gasteiger partial charge in [-0.1, -0.05) is 36.4 Å². The third kappa shape index (κ3) is 4.91. The van der Waals surface area contributed by atoms with Gasteiger partial charge in [0.2, 0.25) is 11.8 Å². The van der Waals surface area contributed by atoms with E-state index in [1.165, 1.54) is 0 Å². The molecule has 4 rings (SSSR count). The molecule has 164 valence electrons. The van der Waals surface area contributed by atoms with Crippen molar-refractivity contribution in [1.29, 1.82) is 0 Å². The monoisotopic (exact) mass is 430 g/mol. The van der Waals surface area contributed by atoms with Crippen molar-refractivity contribution in [1.82, 2.24) is 0 Å². The van der Waals surface area contributed by atoms with Crippen LogP contribution in [0, 0.1) is 12.8 Å². The fraction of sp³-hybridized carbons (Fsp3) is 0.231. The van der Waals surface area contributed by atoms with E-state index in [2.05, 4.69) is 5.32 Å². The Morgan fingerprint density at radius 1 is 1.06 bits per heavy atom. The number of ether oxygens (including phenoxy) is 2. The molecule has 1 N–H and O–H groups in total. The van der Waals surface area contributed by atoms with Gasteiger partial charge >= 0.3 is 0 Å². The van der Waals surface area contributed by atoms with E-state index in [0.717, 1.165) is 16.9 Å². The number of carbonyl (C=O) groups excluding carboxylic acids is 2. The minimum Gasteiger partial charge on any atom is -0.495 e. The van der Waals surface area contributed by atoms with Gasteiger partial charge < -0.3 is 19.7 Å². The highest BCUT2D eigenvalue weighted by atomic mass is 16.5. The van der Waals surface area contributed by atoms with Crippen molar-refractivity contribution in [2.75, 3.05) is 23.9 Å². The SMILES string of the molecule is COc1ccc(C)cc1N1CC(C(=O)Nc2ccc(OCc3ccccc3)cc2)CC1=O. The lowest BCUT2D eigenvalue weighted by molar-refractivity contribution is -0.122. The number of methoxy groups -OCH3 is 1. The van der Waals surface area contributed by atoms with Crippen molar-refractivity contribution in [2.45, 2.75) is 20.0 Å². The minimum absolute atomic E-state index is 0.0845. The molecule has 6 nitrogen and oxygen atoms in total. The molecule has 6 heteroatoms. The average Bonchev–Trinajstić information content (AvgIpc) is 3.21. The smallest absolute Gasteiger partial charge is 0.229 e. The summed E-state index contributed by atoms with van der Waals surface area (Å²) in [5.41, 5.74) is 3.48. The van der Waals surface area contributed by atoms with E-state index in [1.807, 2.05) is 67.6 Å².